The number of guanidine groups is 1. The third-order valence-corrected chi connectivity index (χ3v) is 4.32. The molecule has 0 aliphatic rings. The zero-order valence-electron chi connectivity index (χ0n) is 16.2. The molecule has 3 rings (SSSR count). The fourth-order valence-corrected chi connectivity index (χ4v) is 2.92. The van der Waals surface area contributed by atoms with E-state index >= 15 is 0 Å². The number of nitrogens with zero attached hydrogens (tertiary/aromatic N) is 2. The lowest BCUT2D eigenvalue weighted by atomic mass is 10.1. The maximum atomic E-state index is 12.7. The van der Waals surface area contributed by atoms with Crippen molar-refractivity contribution in [1.82, 2.24) is 15.6 Å². The first-order chi connectivity index (χ1) is 14.1. The van der Waals surface area contributed by atoms with E-state index < -0.39 is 6.61 Å². The van der Waals surface area contributed by atoms with Crippen LogP contribution in [-0.4, -0.2) is 31.7 Å². The summed E-state index contributed by atoms with van der Waals surface area (Å²) in [5, 5.41) is 7.38. The van der Waals surface area contributed by atoms with Crippen molar-refractivity contribution in [2.75, 3.05) is 14.2 Å². The van der Waals surface area contributed by atoms with Gasteiger partial charge in [0, 0.05) is 37.3 Å². The van der Waals surface area contributed by atoms with Crippen LogP contribution in [0.2, 0.25) is 0 Å². The summed E-state index contributed by atoms with van der Waals surface area (Å²) in [6, 6.07) is 14.5. The Balaban J connectivity index is 1.68. The molecule has 0 fully saturated rings. The predicted molar refractivity (Wildman–Crippen MR) is 108 cm³/mol. The van der Waals surface area contributed by atoms with Crippen molar-refractivity contribution >= 4 is 16.9 Å². The molecule has 0 saturated carbocycles. The van der Waals surface area contributed by atoms with Crippen LogP contribution in [0.25, 0.3) is 10.9 Å². The van der Waals surface area contributed by atoms with E-state index in [1.165, 1.54) is 13.2 Å². The van der Waals surface area contributed by atoms with Crippen molar-refractivity contribution in [2.45, 2.75) is 19.7 Å². The van der Waals surface area contributed by atoms with E-state index in [4.69, 9.17) is 4.74 Å². The van der Waals surface area contributed by atoms with Crippen LogP contribution in [0, 0.1) is 0 Å². The number of hydrogen-bond donors (Lipinski definition) is 2. The van der Waals surface area contributed by atoms with Crippen LogP contribution in [0.1, 0.15) is 11.1 Å². The smallest absolute Gasteiger partial charge is 0.387 e. The van der Waals surface area contributed by atoms with Crippen LogP contribution in [0.5, 0.6) is 11.5 Å². The van der Waals surface area contributed by atoms with Gasteiger partial charge >= 0.3 is 6.61 Å². The van der Waals surface area contributed by atoms with Crippen LogP contribution < -0.4 is 20.1 Å². The van der Waals surface area contributed by atoms with Crippen molar-refractivity contribution in [3.8, 4) is 11.5 Å². The van der Waals surface area contributed by atoms with Crippen LogP contribution in [0.15, 0.2) is 59.7 Å². The molecule has 152 valence electrons. The molecule has 0 unspecified atom stereocenters. The average Bonchev–Trinajstić information content (AvgIpc) is 2.74. The fraction of sp³-hybridized carbons (Fsp3) is 0.238. The standard InChI is InChI=1S/C21H22F2N4O2/c1-24-21(26-12-15-6-3-5-14-7-4-10-25-19(14)15)27-13-16-11-17(28-2)8-9-18(16)29-20(22)23/h3-11,20H,12-13H2,1-2H3,(H2,24,26,27). The van der Waals surface area contributed by atoms with Crippen LogP contribution in [-0.2, 0) is 13.1 Å². The second-order valence-electron chi connectivity index (χ2n) is 6.12. The van der Waals surface area contributed by atoms with E-state index in [0.717, 1.165) is 16.5 Å². The third-order valence-electron chi connectivity index (χ3n) is 4.32. The van der Waals surface area contributed by atoms with Crippen molar-refractivity contribution in [3.63, 3.8) is 0 Å². The molecule has 0 saturated heterocycles. The zero-order chi connectivity index (χ0) is 20.6. The molecule has 0 atom stereocenters. The van der Waals surface area contributed by atoms with Gasteiger partial charge in [0.2, 0.25) is 0 Å². The topological polar surface area (TPSA) is 67.8 Å². The number of pyridine rings is 1. The molecule has 0 radical (unpaired) electrons. The summed E-state index contributed by atoms with van der Waals surface area (Å²) in [7, 11) is 3.15. The minimum atomic E-state index is -2.90. The highest BCUT2D eigenvalue weighted by Gasteiger charge is 2.12. The van der Waals surface area contributed by atoms with Gasteiger partial charge in [-0.15, -0.1) is 0 Å². The summed E-state index contributed by atoms with van der Waals surface area (Å²) in [4.78, 5) is 8.62. The highest BCUT2D eigenvalue weighted by molar-refractivity contribution is 5.83. The number of halogens is 2. The van der Waals surface area contributed by atoms with Crippen LogP contribution in [0.3, 0.4) is 0 Å². The number of nitrogens with one attached hydrogen (secondary N) is 2. The average molecular weight is 400 g/mol. The van der Waals surface area contributed by atoms with Crippen molar-refractivity contribution in [1.29, 1.82) is 0 Å². The Morgan fingerprint density at radius 2 is 1.83 bits per heavy atom. The highest BCUT2D eigenvalue weighted by Crippen LogP contribution is 2.25. The number of rotatable bonds is 7. The molecular weight excluding hydrogens is 378 g/mol. The molecule has 2 N–H and O–H groups in total. The number of aliphatic imine (C=N–C) groups is 1. The maximum Gasteiger partial charge on any atom is 0.387 e. The lowest BCUT2D eigenvalue weighted by Gasteiger charge is -2.16. The first-order valence-electron chi connectivity index (χ1n) is 8.99. The number of methoxy groups -OCH3 is 1. The van der Waals surface area contributed by atoms with Gasteiger partial charge in [-0.1, -0.05) is 24.3 Å². The summed E-state index contributed by atoms with van der Waals surface area (Å²) in [5.74, 6) is 1.15. The zero-order valence-corrected chi connectivity index (χ0v) is 16.2. The van der Waals surface area contributed by atoms with Gasteiger partial charge in [-0.3, -0.25) is 9.98 Å². The summed E-state index contributed by atoms with van der Waals surface area (Å²) in [6.07, 6.45) is 1.76. The van der Waals surface area contributed by atoms with Gasteiger partial charge in [0.15, 0.2) is 5.96 Å². The largest absolute Gasteiger partial charge is 0.497 e. The molecule has 0 aliphatic carbocycles. The van der Waals surface area contributed by atoms with Crippen LogP contribution >= 0.6 is 0 Å². The van der Waals surface area contributed by atoms with E-state index in [-0.39, 0.29) is 12.3 Å². The van der Waals surface area contributed by atoms with Gasteiger partial charge in [0.25, 0.3) is 0 Å². The lowest BCUT2D eigenvalue weighted by Crippen LogP contribution is -2.36. The van der Waals surface area contributed by atoms with Gasteiger partial charge in [0.05, 0.1) is 12.6 Å². The molecule has 6 nitrogen and oxygen atoms in total. The highest BCUT2D eigenvalue weighted by atomic mass is 19.3. The molecular formula is C21H22F2N4O2. The van der Waals surface area contributed by atoms with E-state index in [0.29, 0.717) is 23.8 Å². The van der Waals surface area contributed by atoms with Gasteiger partial charge in [-0.05, 0) is 29.8 Å². The number of fused-ring (bicyclic) bond motifs is 1. The number of alkyl halides is 2. The molecule has 1 aromatic heterocycles. The Bertz CT molecular complexity index is 990. The van der Waals surface area contributed by atoms with Crippen molar-refractivity contribution in [2.24, 2.45) is 4.99 Å². The maximum absolute atomic E-state index is 12.7. The lowest BCUT2D eigenvalue weighted by molar-refractivity contribution is -0.0504. The monoisotopic (exact) mass is 400 g/mol. The van der Waals surface area contributed by atoms with E-state index in [1.54, 1.807) is 25.4 Å². The van der Waals surface area contributed by atoms with Gasteiger partial charge in [0.1, 0.15) is 11.5 Å². The predicted octanol–water partition coefficient (Wildman–Crippen LogP) is 3.71. The molecule has 0 bridgehead atoms. The molecule has 0 spiro atoms. The SMILES string of the molecule is CN=C(NCc1cc(OC)ccc1OC(F)F)NCc1cccc2cccnc12. The molecule has 1 heterocycles. The van der Waals surface area contributed by atoms with Crippen molar-refractivity contribution < 1.29 is 18.3 Å². The van der Waals surface area contributed by atoms with Crippen molar-refractivity contribution in [3.05, 3.63) is 65.9 Å². The molecule has 0 amide bonds. The Morgan fingerprint density at radius 1 is 1.07 bits per heavy atom. The summed E-state index contributed by atoms with van der Waals surface area (Å²) in [6.45, 7) is -2.17. The molecule has 2 aromatic carbocycles. The number of hydrogen-bond acceptors (Lipinski definition) is 4. The fourth-order valence-electron chi connectivity index (χ4n) is 2.92. The van der Waals surface area contributed by atoms with Gasteiger partial charge in [-0.2, -0.15) is 8.78 Å². The number of ether oxygens (including phenoxy) is 2. The van der Waals surface area contributed by atoms with Gasteiger partial charge < -0.3 is 20.1 Å². The number of para-hydroxylation sites is 1. The Labute approximate surface area is 167 Å². The summed E-state index contributed by atoms with van der Waals surface area (Å²) < 4.78 is 35.1. The Kier molecular flexibility index (Phi) is 6.78. The minimum absolute atomic E-state index is 0.0852. The first-order valence-corrected chi connectivity index (χ1v) is 8.99. The van der Waals surface area contributed by atoms with E-state index in [9.17, 15) is 8.78 Å². The van der Waals surface area contributed by atoms with E-state index in [1.807, 2.05) is 30.3 Å². The minimum Gasteiger partial charge on any atom is -0.497 e. The second kappa shape index (κ2) is 9.68. The quantitative estimate of drug-likeness (QED) is 0.468. The van der Waals surface area contributed by atoms with Gasteiger partial charge in [-0.25, -0.2) is 0 Å². The Morgan fingerprint density at radius 3 is 2.55 bits per heavy atom. The summed E-state index contributed by atoms with van der Waals surface area (Å²) in [5.41, 5.74) is 2.46. The number of aromatic nitrogens is 1. The summed E-state index contributed by atoms with van der Waals surface area (Å²) >= 11 is 0. The first kappa shape index (κ1) is 20.3. The molecule has 29 heavy (non-hydrogen) atoms. The van der Waals surface area contributed by atoms with Crippen LogP contribution in [0.4, 0.5) is 8.78 Å². The number of benzene rings is 2. The normalized spacial score (nSPS) is 11.6. The third kappa shape index (κ3) is 5.31. The second-order valence-corrected chi connectivity index (χ2v) is 6.12. The molecule has 8 heteroatoms. The molecule has 0 aliphatic heterocycles. The van der Waals surface area contributed by atoms with E-state index in [2.05, 4.69) is 25.3 Å². The Hall–Kier alpha value is -3.42. The molecule has 3 aromatic rings.